The van der Waals surface area contributed by atoms with Gasteiger partial charge in [-0.2, -0.15) is 0 Å². The number of esters is 3. The van der Waals surface area contributed by atoms with Crippen molar-refractivity contribution in [3.8, 4) is 0 Å². The molecule has 0 amide bonds. The summed E-state index contributed by atoms with van der Waals surface area (Å²) in [7, 11) is 0. The largest absolute Gasteiger partial charge is 0.462 e. The highest BCUT2D eigenvalue weighted by Gasteiger charge is 2.19. The molecule has 0 aromatic carbocycles. The summed E-state index contributed by atoms with van der Waals surface area (Å²) in [5, 5.41) is 0. The normalized spacial score (nSPS) is 11.8. The Morgan fingerprint density at radius 3 is 0.667 bits per heavy atom. The van der Waals surface area contributed by atoms with Crippen LogP contribution in [-0.4, -0.2) is 37.2 Å². The molecule has 60 heavy (non-hydrogen) atoms. The zero-order valence-electron chi connectivity index (χ0n) is 40.8. The van der Waals surface area contributed by atoms with Gasteiger partial charge in [-0.25, -0.2) is 0 Å². The maximum atomic E-state index is 12.7. The molecule has 6 heteroatoms. The van der Waals surface area contributed by atoms with E-state index in [0.29, 0.717) is 19.3 Å². The van der Waals surface area contributed by atoms with Gasteiger partial charge in [-0.05, 0) is 19.3 Å². The lowest BCUT2D eigenvalue weighted by atomic mass is 10.0. The number of unbranched alkanes of at least 4 members (excludes halogenated alkanes) is 39. The van der Waals surface area contributed by atoms with Gasteiger partial charge in [0.25, 0.3) is 0 Å². The molecule has 0 aromatic rings. The van der Waals surface area contributed by atoms with E-state index >= 15 is 0 Å². The summed E-state index contributed by atoms with van der Waals surface area (Å²) in [6.45, 7) is 6.64. The third kappa shape index (κ3) is 47.5. The molecule has 1 atom stereocenters. The average Bonchev–Trinajstić information content (AvgIpc) is 3.24. The van der Waals surface area contributed by atoms with Gasteiger partial charge in [-0.3, -0.25) is 14.4 Å². The zero-order valence-corrected chi connectivity index (χ0v) is 40.8. The molecule has 0 saturated carbocycles. The summed E-state index contributed by atoms with van der Waals surface area (Å²) >= 11 is 0. The predicted molar refractivity (Wildman–Crippen MR) is 257 cm³/mol. The fourth-order valence-corrected chi connectivity index (χ4v) is 8.27. The Hall–Kier alpha value is -1.59. The van der Waals surface area contributed by atoms with Crippen molar-refractivity contribution >= 4 is 17.9 Å². The van der Waals surface area contributed by atoms with Gasteiger partial charge >= 0.3 is 17.9 Å². The highest BCUT2D eigenvalue weighted by molar-refractivity contribution is 5.71. The predicted octanol–water partition coefficient (Wildman–Crippen LogP) is 17.6. The summed E-state index contributed by atoms with van der Waals surface area (Å²) in [4.78, 5) is 37.8. The molecule has 0 aliphatic heterocycles. The van der Waals surface area contributed by atoms with Crippen LogP contribution in [0, 0.1) is 0 Å². The van der Waals surface area contributed by atoms with Crippen LogP contribution in [0.1, 0.15) is 310 Å². The van der Waals surface area contributed by atoms with E-state index in [2.05, 4.69) is 20.8 Å². The first kappa shape index (κ1) is 58.4. The smallest absolute Gasteiger partial charge is 0.306 e. The fourth-order valence-electron chi connectivity index (χ4n) is 8.27. The zero-order chi connectivity index (χ0) is 43.7. The maximum Gasteiger partial charge on any atom is 0.306 e. The lowest BCUT2D eigenvalue weighted by Crippen LogP contribution is -2.30. The number of hydrogen-bond donors (Lipinski definition) is 0. The van der Waals surface area contributed by atoms with Gasteiger partial charge in [-0.1, -0.05) is 271 Å². The van der Waals surface area contributed by atoms with E-state index < -0.39 is 6.10 Å². The van der Waals surface area contributed by atoms with Crippen LogP contribution in [-0.2, 0) is 28.6 Å². The monoisotopic (exact) mass is 849 g/mol. The minimum atomic E-state index is -0.758. The van der Waals surface area contributed by atoms with E-state index in [0.717, 1.165) is 57.8 Å². The van der Waals surface area contributed by atoms with Crippen LogP contribution in [0.4, 0.5) is 0 Å². The summed E-state index contributed by atoms with van der Waals surface area (Å²) < 4.78 is 16.7. The van der Waals surface area contributed by atoms with E-state index in [1.165, 1.54) is 212 Å². The lowest BCUT2D eigenvalue weighted by Gasteiger charge is -2.18. The Kier molecular flexibility index (Phi) is 48.7. The molecular weight excluding hydrogens is 745 g/mol. The quantitative estimate of drug-likeness (QED) is 0.0345. The molecule has 0 fully saturated rings. The van der Waals surface area contributed by atoms with Gasteiger partial charge in [0.1, 0.15) is 13.2 Å². The fraction of sp³-hybridized carbons (Fsp3) is 0.944. The molecule has 0 saturated heterocycles. The Balaban J connectivity index is 4.09. The van der Waals surface area contributed by atoms with Crippen molar-refractivity contribution in [2.45, 2.75) is 316 Å². The molecule has 0 aliphatic carbocycles. The summed E-state index contributed by atoms with van der Waals surface area (Å²) in [5.41, 5.74) is 0. The van der Waals surface area contributed by atoms with Gasteiger partial charge < -0.3 is 14.2 Å². The SMILES string of the molecule is CCCCCCCCCCCCCCCCCCCCCCCCC(=O)OCC(COC(=O)CCCCCCCCC)OC(=O)CCCCCCCCCCCCCCC. The van der Waals surface area contributed by atoms with Crippen LogP contribution >= 0.6 is 0 Å². The van der Waals surface area contributed by atoms with Crippen molar-refractivity contribution in [2.24, 2.45) is 0 Å². The van der Waals surface area contributed by atoms with Crippen LogP contribution in [0.25, 0.3) is 0 Å². The van der Waals surface area contributed by atoms with Crippen molar-refractivity contribution in [2.75, 3.05) is 13.2 Å². The van der Waals surface area contributed by atoms with Crippen molar-refractivity contribution in [3.05, 3.63) is 0 Å². The first-order valence-electron chi connectivity index (χ1n) is 27.0. The molecule has 0 N–H and O–H groups in total. The molecule has 0 bridgehead atoms. The number of hydrogen-bond acceptors (Lipinski definition) is 6. The molecule has 1 unspecified atom stereocenters. The summed E-state index contributed by atoms with van der Waals surface area (Å²) in [5.74, 6) is -0.848. The second kappa shape index (κ2) is 50.1. The standard InChI is InChI=1S/C54H104O6/c1-4-7-10-13-16-18-20-22-23-24-25-26-27-28-29-30-32-33-35-38-41-44-47-53(56)59-50-51(49-58-52(55)46-43-40-37-15-12-9-6-3)60-54(57)48-45-42-39-36-34-31-21-19-17-14-11-8-5-2/h51H,4-50H2,1-3H3. The van der Waals surface area contributed by atoms with Crippen molar-refractivity contribution in [1.29, 1.82) is 0 Å². The topological polar surface area (TPSA) is 78.9 Å². The molecular formula is C54H104O6. The molecule has 0 spiro atoms. The van der Waals surface area contributed by atoms with Crippen LogP contribution in [0.2, 0.25) is 0 Å². The number of ether oxygens (including phenoxy) is 3. The van der Waals surface area contributed by atoms with E-state index in [9.17, 15) is 14.4 Å². The maximum absolute atomic E-state index is 12.7. The highest BCUT2D eigenvalue weighted by atomic mass is 16.6. The van der Waals surface area contributed by atoms with Crippen LogP contribution in [0.15, 0.2) is 0 Å². The van der Waals surface area contributed by atoms with Gasteiger partial charge in [0, 0.05) is 19.3 Å². The third-order valence-corrected chi connectivity index (χ3v) is 12.4. The van der Waals surface area contributed by atoms with Crippen molar-refractivity contribution in [1.82, 2.24) is 0 Å². The lowest BCUT2D eigenvalue weighted by molar-refractivity contribution is -0.167. The minimum absolute atomic E-state index is 0.0623. The van der Waals surface area contributed by atoms with Gasteiger partial charge in [0.15, 0.2) is 6.10 Å². The molecule has 0 rings (SSSR count). The van der Waals surface area contributed by atoms with Gasteiger partial charge in [0.2, 0.25) is 0 Å². The Morgan fingerprint density at radius 1 is 0.267 bits per heavy atom. The molecule has 6 nitrogen and oxygen atoms in total. The molecule has 0 heterocycles. The van der Waals surface area contributed by atoms with Crippen LogP contribution < -0.4 is 0 Å². The minimum Gasteiger partial charge on any atom is -0.462 e. The van der Waals surface area contributed by atoms with E-state index in [-0.39, 0.29) is 31.1 Å². The molecule has 0 aliphatic rings. The number of rotatable bonds is 50. The van der Waals surface area contributed by atoms with Gasteiger partial charge in [0.05, 0.1) is 0 Å². The Labute approximate surface area is 374 Å². The number of carbonyl (C=O) groups is 3. The van der Waals surface area contributed by atoms with E-state index in [4.69, 9.17) is 14.2 Å². The summed E-state index contributed by atoms with van der Waals surface area (Å²) in [6, 6.07) is 0. The molecule has 0 aromatic heterocycles. The first-order chi connectivity index (χ1) is 29.5. The van der Waals surface area contributed by atoms with Gasteiger partial charge in [-0.15, -0.1) is 0 Å². The van der Waals surface area contributed by atoms with E-state index in [1.807, 2.05) is 0 Å². The Morgan fingerprint density at radius 2 is 0.450 bits per heavy atom. The Bertz CT molecular complexity index is 889. The van der Waals surface area contributed by atoms with Crippen molar-refractivity contribution < 1.29 is 28.6 Å². The average molecular weight is 849 g/mol. The second-order valence-electron chi connectivity index (χ2n) is 18.5. The summed E-state index contributed by atoms with van der Waals surface area (Å²) in [6.07, 6.45) is 54.0. The van der Waals surface area contributed by atoms with Crippen molar-refractivity contribution in [3.63, 3.8) is 0 Å². The highest BCUT2D eigenvalue weighted by Crippen LogP contribution is 2.17. The third-order valence-electron chi connectivity index (χ3n) is 12.4. The molecule has 0 radical (unpaired) electrons. The first-order valence-corrected chi connectivity index (χ1v) is 27.0. The van der Waals surface area contributed by atoms with Crippen LogP contribution in [0.3, 0.4) is 0 Å². The number of carbonyl (C=O) groups excluding carboxylic acids is 3. The van der Waals surface area contributed by atoms with Crippen LogP contribution in [0.5, 0.6) is 0 Å². The second-order valence-corrected chi connectivity index (χ2v) is 18.5. The van der Waals surface area contributed by atoms with E-state index in [1.54, 1.807) is 0 Å². The molecule has 356 valence electrons.